The molecule has 2 N–H and O–H groups in total. The maximum absolute atomic E-state index is 9.88. The molecular weight excluding hydrogens is 160 g/mol. The van der Waals surface area contributed by atoms with Gasteiger partial charge in [-0.3, -0.25) is 0 Å². The standard InChI is InChI=1S/C8H16O4/c1-5-7(10,6(2)9)8(5,11-3)12-4/h5-6,9-10H,1-4H3. The van der Waals surface area contributed by atoms with Crippen LogP contribution in [0.25, 0.3) is 0 Å². The van der Waals surface area contributed by atoms with E-state index in [1.807, 2.05) is 0 Å². The first-order valence-corrected chi connectivity index (χ1v) is 3.98. The molecule has 0 aromatic rings. The molecule has 1 fully saturated rings. The zero-order valence-corrected chi connectivity index (χ0v) is 7.87. The van der Waals surface area contributed by atoms with Crippen LogP contribution in [0.4, 0.5) is 0 Å². The Labute approximate surface area is 72.1 Å². The van der Waals surface area contributed by atoms with E-state index in [9.17, 15) is 10.2 Å². The SMILES string of the molecule is COC1(OC)C(C)C1(O)C(C)O. The Hall–Kier alpha value is -0.160. The van der Waals surface area contributed by atoms with E-state index >= 15 is 0 Å². The average molecular weight is 176 g/mol. The van der Waals surface area contributed by atoms with Gasteiger partial charge in [-0.2, -0.15) is 0 Å². The van der Waals surface area contributed by atoms with Gasteiger partial charge in [-0.15, -0.1) is 0 Å². The van der Waals surface area contributed by atoms with Crippen LogP contribution in [0.1, 0.15) is 13.8 Å². The van der Waals surface area contributed by atoms with Crippen LogP contribution in [0.3, 0.4) is 0 Å². The van der Waals surface area contributed by atoms with Crippen LogP contribution < -0.4 is 0 Å². The third kappa shape index (κ3) is 0.808. The van der Waals surface area contributed by atoms with Crippen LogP contribution in [0.2, 0.25) is 0 Å². The van der Waals surface area contributed by atoms with Crippen molar-refractivity contribution < 1.29 is 19.7 Å². The fraction of sp³-hybridized carbons (Fsp3) is 1.00. The molecule has 0 amide bonds. The van der Waals surface area contributed by atoms with Gasteiger partial charge in [-0.25, -0.2) is 0 Å². The summed E-state index contributed by atoms with van der Waals surface area (Å²) in [6.45, 7) is 3.30. The summed E-state index contributed by atoms with van der Waals surface area (Å²) in [4.78, 5) is 0. The third-order valence-electron chi connectivity index (χ3n) is 2.95. The van der Waals surface area contributed by atoms with Crippen molar-refractivity contribution in [2.75, 3.05) is 14.2 Å². The maximum Gasteiger partial charge on any atom is 0.205 e. The lowest BCUT2D eigenvalue weighted by molar-refractivity contribution is -0.194. The Morgan fingerprint density at radius 2 is 1.75 bits per heavy atom. The number of rotatable bonds is 3. The second kappa shape index (κ2) is 2.67. The Balaban J connectivity index is 2.85. The summed E-state index contributed by atoms with van der Waals surface area (Å²) in [5.41, 5.74) is -1.27. The number of aliphatic hydroxyl groups excluding tert-OH is 1. The molecule has 4 heteroatoms. The Morgan fingerprint density at radius 1 is 1.33 bits per heavy atom. The molecule has 0 aliphatic heterocycles. The summed E-state index contributed by atoms with van der Waals surface area (Å²) in [6, 6.07) is 0. The van der Waals surface area contributed by atoms with Crippen LogP contribution in [0.15, 0.2) is 0 Å². The molecule has 0 spiro atoms. The van der Waals surface area contributed by atoms with E-state index in [1.54, 1.807) is 6.92 Å². The second-order valence-corrected chi connectivity index (χ2v) is 3.30. The molecular formula is C8H16O4. The van der Waals surface area contributed by atoms with Crippen molar-refractivity contribution >= 4 is 0 Å². The first-order valence-electron chi connectivity index (χ1n) is 3.98. The van der Waals surface area contributed by atoms with E-state index in [0.29, 0.717) is 0 Å². The van der Waals surface area contributed by atoms with Gasteiger partial charge in [0.25, 0.3) is 0 Å². The third-order valence-corrected chi connectivity index (χ3v) is 2.95. The predicted molar refractivity (Wildman–Crippen MR) is 42.5 cm³/mol. The van der Waals surface area contributed by atoms with Crippen molar-refractivity contribution in [1.82, 2.24) is 0 Å². The molecule has 1 rings (SSSR count). The summed E-state index contributed by atoms with van der Waals surface area (Å²) in [7, 11) is 2.92. The topological polar surface area (TPSA) is 58.9 Å². The van der Waals surface area contributed by atoms with Gasteiger partial charge in [0.15, 0.2) is 5.60 Å². The Bertz CT molecular complexity index is 172. The minimum Gasteiger partial charge on any atom is -0.390 e. The van der Waals surface area contributed by atoms with Crippen molar-refractivity contribution in [3.8, 4) is 0 Å². The minimum absolute atomic E-state index is 0.208. The molecule has 0 bridgehead atoms. The monoisotopic (exact) mass is 176 g/mol. The fourth-order valence-corrected chi connectivity index (χ4v) is 2.02. The van der Waals surface area contributed by atoms with Crippen LogP contribution in [-0.2, 0) is 9.47 Å². The summed E-state index contributed by atoms with van der Waals surface area (Å²) in [5, 5.41) is 19.2. The maximum atomic E-state index is 9.88. The molecule has 1 saturated carbocycles. The molecule has 0 aromatic heterocycles. The number of hydrogen-bond acceptors (Lipinski definition) is 4. The fourth-order valence-electron chi connectivity index (χ4n) is 2.02. The van der Waals surface area contributed by atoms with Gasteiger partial charge >= 0.3 is 0 Å². The van der Waals surface area contributed by atoms with Gasteiger partial charge in [-0.1, -0.05) is 6.92 Å². The van der Waals surface area contributed by atoms with E-state index in [0.717, 1.165) is 0 Å². The van der Waals surface area contributed by atoms with Crippen molar-refractivity contribution in [2.45, 2.75) is 31.3 Å². The quantitative estimate of drug-likeness (QED) is 0.581. The highest BCUT2D eigenvalue weighted by atomic mass is 16.7. The van der Waals surface area contributed by atoms with E-state index in [1.165, 1.54) is 21.1 Å². The highest BCUT2D eigenvalue weighted by Gasteiger charge is 2.79. The molecule has 0 saturated heterocycles. The molecule has 4 nitrogen and oxygen atoms in total. The molecule has 1 aliphatic rings. The van der Waals surface area contributed by atoms with E-state index in [-0.39, 0.29) is 5.92 Å². The van der Waals surface area contributed by atoms with E-state index in [2.05, 4.69) is 0 Å². The number of methoxy groups -OCH3 is 2. The lowest BCUT2D eigenvalue weighted by Gasteiger charge is -2.20. The smallest absolute Gasteiger partial charge is 0.205 e. The highest BCUT2D eigenvalue weighted by molar-refractivity contribution is 5.22. The van der Waals surface area contributed by atoms with Crippen molar-refractivity contribution in [2.24, 2.45) is 5.92 Å². The Kier molecular flexibility index (Phi) is 2.21. The lowest BCUT2D eigenvalue weighted by Crippen LogP contribution is -2.38. The first-order chi connectivity index (χ1) is 5.47. The van der Waals surface area contributed by atoms with Crippen molar-refractivity contribution in [3.05, 3.63) is 0 Å². The largest absolute Gasteiger partial charge is 0.390 e. The van der Waals surface area contributed by atoms with Gasteiger partial charge < -0.3 is 19.7 Å². The zero-order valence-electron chi connectivity index (χ0n) is 7.87. The first kappa shape index (κ1) is 9.92. The van der Waals surface area contributed by atoms with Crippen LogP contribution in [-0.4, -0.2) is 41.9 Å². The molecule has 72 valence electrons. The van der Waals surface area contributed by atoms with Gasteiger partial charge in [0.1, 0.15) is 0 Å². The van der Waals surface area contributed by atoms with Gasteiger partial charge in [0, 0.05) is 14.2 Å². The lowest BCUT2D eigenvalue weighted by atomic mass is 10.1. The van der Waals surface area contributed by atoms with Gasteiger partial charge in [-0.05, 0) is 6.92 Å². The summed E-state index contributed by atoms with van der Waals surface area (Å²) in [5.74, 6) is -1.23. The van der Waals surface area contributed by atoms with Crippen molar-refractivity contribution in [1.29, 1.82) is 0 Å². The van der Waals surface area contributed by atoms with E-state index < -0.39 is 17.5 Å². The molecule has 1 aliphatic carbocycles. The molecule has 3 atom stereocenters. The zero-order chi connectivity index (χ0) is 9.57. The van der Waals surface area contributed by atoms with Gasteiger partial charge in [0.2, 0.25) is 5.79 Å². The minimum atomic E-state index is -1.27. The summed E-state index contributed by atoms with van der Waals surface area (Å²) >= 11 is 0. The van der Waals surface area contributed by atoms with Crippen LogP contribution >= 0.6 is 0 Å². The summed E-state index contributed by atoms with van der Waals surface area (Å²) < 4.78 is 10.1. The van der Waals surface area contributed by atoms with Crippen LogP contribution in [0.5, 0.6) is 0 Å². The molecule has 0 aromatic carbocycles. The van der Waals surface area contributed by atoms with Gasteiger partial charge in [0.05, 0.1) is 12.0 Å². The van der Waals surface area contributed by atoms with E-state index in [4.69, 9.17) is 9.47 Å². The number of ether oxygens (including phenoxy) is 2. The predicted octanol–water partition coefficient (Wildman–Crippen LogP) is -0.263. The highest BCUT2D eigenvalue weighted by Crippen LogP contribution is 2.58. The molecule has 3 unspecified atom stereocenters. The molecule has 12 heavy (non-hydrogen) atoms. The molecule has 0 radical (unpaired) electrons. The Morgan fingerprint density at radius 3 is 1.83 bits per heavy atom. The normalized spacial score (nSPS) is 41.0. The number of hydrogen-bond donors (Lipinski definition) is 2. The summed E-state index contributed by atoms with van der Waals surface area (Å²) in [6.07, 6.45) is -0.854. The van der Waals surface area contributed by atoms with Crippen LogP contribution in [0, 0.1) is 5.92 Å². The average Bonchev–Trinajstić information content (AvgIpc) is 2.53. The second-order valence-electron chi connectivity index (χ2n) is 3.30. The number of aliphatic hydroxyl groups is 2. The molecule has 0 heterocycles. The van der Waals surface area contributed by atoms with Crippen molar-refractivity contribution in [3.63, 3.8) is 0 Å².